The second-order valence-electron chi connectivity index (χ2n) is 34.4. The molecule has 0 aliphatic heterocycles. The van der Waals surface area contributed by atoms with E-state index in [0.29, 0.717) is 17.1 Å². The van der Waals surface area contributed by atoms with Crippen LogP contribution >= 0.6 is 0 Å². The molecule has 27 heteroatoms. The zero-order valence-electron chi connectivity index (χ0n) is 72.0. The first-order valence-corrected chi connectivity index (χ1v) is 46.4. The highest BCUT2D eigenvalue weighted by atomic mass is 32.2. The molecule has 25 rings (SSSR count). The van der Waals surface area contributed by atoms with Gasteiger partial charge >= 0.3 is 0 Å². The van der Waals surface area contributed by atoms with Crippen LogP contribution in [0.3, 0.4) is 0 Å². The van der Waals surface area contributed by atoms with Gasteiger partial charge in [0.05, 0.1) is 127 Å². The highest BCUT2D eigenvalue weighted by molar-refractivity contribution is 7.92. The molecule has 5 aliphatic rings. The molecule has 10 heterocycles. The Labute approximate surface area is 790 Å². The number of aromatic hydroxyl groups is 2. The lowest BCUT2D eigenvalue weighted by molar-refractivity contribution is 0.408. The van der Waals surface area contributed by atoms with Crippen LogP contribution in [-0.4, -0.2) is 103 Å². The van der Waals surface area contributed by atoms with Gasteiger partial charge in [-0.3, -0.25) is 30.1 Å². The summed E-state index contributed by atoms with van der Waals surface area (Å²) < 4.78 is 86.9. The number of aromatic amines is 5. The van der Waals surface area contributed by atoms with Crippen LogP contribution in [0.1, 0.15) is 168 Å². The topological polar surface area (TPSA) is 338 Å². The number of phenolic OH excluding ortho intramolecular Hbond substituents is 2. The number of pyridine rings is 5. The number of halogens is 4. The smallest absolute Gasteiger partial charge is 0.229 e. The summed E-state index contributed by atoms with van der Waals surface area (Å²) in [6, 6.07) is 50.7. The molecule has 22 nitrogen and oxygen atoms in total. The van der Waals surface area contributed by atoms with E-state index < -0.39 is 39.0 Å². The summed E-state index contributed by atoms with van der Waals surface area (Å²) in [5, 5.41) is 77.8. The number of sulfonamides is 1. The van der Waals surface area contributed by atoms with Gasteiger partial charge in [-0.15, -0.1) is 0 Å². The number of phenols is 2. The fourth-order valence-corrected chi connectivity index (χ4v) is 21.1. The van der Waals surface area contributed by atoms with Gasteiger partial charge in [0.25, 0.3) is 0 Å². The van der Waals surface area contributed by atoms with Gasteiger partial charge in [-0.25, -0.2) is 41.5 Å². The third-order valence-corrected chi connectivity index (χ3v) is 27.1. The van der Waals surface area contributed by atoms with Crippen LogP contribution in [0.25, 0.3) is 165 Å². The SMILES string of the molecule is C.C.C.C.C.COc1cc(O)ccc1-c1[nH]c2ccc3nccc3c2c2c1CCCC2.CS(=O)(=O)Nc1ccc(-c2nc3ccc4[nH]ncc4c3c3c2CCCC3)cc1.N#Cc1cc(-c2nc3ccc4[nH]ncc4c3c3c2CCCC3)ccc1F.N#Cc1cc(-c2nc3ccc4[nH]ncc4c3c3c2CCCC3)ccc1F.Oc1ccc(-c2nc3ccc4[nH]ncc4c3c3c2CCCC3)c(F)c1F. The third-order valence-electron chi connectivity index (χ3n) is 26.5. The minimum Gasteiger partial charge on any atom is -0.508 e. The molecule has 0 spiro atoms. The van der Waals surface area contributed by atoms with Crippen molar-refractivity contribution in [2.45, 2.75) is 166 Å². The van der Waals surface area contributed by atoms with Gasteiger partial charge in [0.1, 0.15) is 35.3 Å². The van der Waals surface area contributed by atoms with Crippen molar-refractivity contribution in [3.05, 3.63) is 279 Å². The minimum absolute atomic E-state index is 0. The van der Waals surface area contributed by atoms with Crippen molar-refractivity contribution in [1.82, 2.24) is 70.7 Å². The first kappa shape index (κ1) is 94.7. The van der Waals surface area contributed by atoms with E-state index in [9.17, 15) is 46.7 Å². The van der Waals surface area contributed by atoms with Gasteiger partial charge in [0, 0.05) is 105 Å². The number of aryl methyl sites for hydroxylation is 5. The number of benzene rings is 10. The number of ether oxygens (including phenoxy) is 1. The molecule has 0 saturated carbocycles. The van der Waals surface area contributed by atoms with Crippen LogP contribution in [0.2, 0.25) is 0 Å². The summed E-state index contributed by atoms with van der Waals surface area (Å²) in [4.78, 5) is 27.7. The average Bonchev–Trinajstić information content (AvgIpc) is 1.76. The summed E-state index contributed by atoms with van der Waals surface area (Å²) in [5.41, 5.74) is 31.0. The van der Waals surface area contributed by atoms with E-state index >= 15 is 0 Å². The fourth-order valence-electron chi connectivity index (χ4n) is 20.6. The summed E-state index contributed by atoms with van der Waals surface area (Å²) in [6.07, 6.45) is 31.4. The van der Waals surface area contributed by atoms with Crippen LogP contribution in [0.5, 0.6) is 17.2 Å². The van der Waals surface area contributed by atoms with E-state index in [1.54, 1.807) is 61.8 Å². The number of fused-ring (bicyclic) bond motifs is 25. The number of hydrogen-bond donors (Lipinski definition) is 8. The molecule has 0 fully saturated rings. The van der Waals surface area contributed by atoms with Crippen LogP contribution < -0.4 is 9.46 Å². The molecular formula is C110H105F4N17O5S. The van der Waals surface area contributed by atoms with Crippen molar-refractivity contribution < 1.29 is 40.9 Å². The second kappa shape index (κ2) is 39.2. The maximum absolute atomic E-state index is 14.5. The van der Waals surface area contributed by atoms with Gasteiger partial charge < -0.3 is 19.9 Å². The van der Waals surface area contributed by atoms with Gasteiger partial charge in [-0.05, 0) is 324 Å². The van der Waals surface area contributed by atoms with Gasteiger partial charge in [0.15, 0.2) is 11.6 Å². The van der Waals surface area contributed by atoms with E-state index in [2.05, 4.69) is 73.7 Å². The lowest BCUT2D eigenvalue weighted by atomic mass is 9.85. The largest absolute Gasteiger partial charge is 0.508 e. The maximum Gasteiger partial charge on any atom is 0.229 e. The highest BCUT2D eigenvalue weighted by Crippen LogP contribution is 2.47. The molecule has 0 atom stereocenters. The molecule has 137 heavy (non-hydrogen) atoms. The Hall–Kier alpha value is -15.5. The lowest BCUT2D eigenvalue weighted by Crippen LogP contribution is -2.09. The van der Waals surface area contributed by atoms with Crippen LogP contribution in [0.4, 0.5) is 23.2 Å². The first-order chi connectivity index (χ1) is 64.4. The zero-order chi connectivity index (χ0) is 90.2. The molecular weight excluding hydrogens is 1750 g/mol. The van der Waals surface area contributed by atoms with Crippen molar-refractivity contribution >= 4 is 125 Å². The molecule has 0 unspecified atom stereocenters. The maximum atomic E-state index is 14.5. The number of hydrogen-bond acceptors (Lipinski definition) is 16. The standard InChI is InChI=1S/C22H20N2O2.2C21H15FN4.C21H20N4O2S.C20H15F2N3O.5CH4/c1-26-20-12-13(25)6-7-17(20)22-15-5-3-2-4-14(15)21-16-10-11-23-18(16)8-9-19(21)24-22;2*22-17-6-5-12(9-13(17)10-23)21-15-4-2-1-3-14(15)20-16-11-24-26-18(16)7-8-19(20)25-21;1-28(26,27)25-14-8-6-13(7-9-14)21-16-5-3-2-4-15(16)20-17-12-22-24-18(17)10-11-19(20)23-21;21-18-12(5-8-16(26)19(18)22)20-11-4-2-1-3-10(11)17-13-9-23-25-14(13)6-7-15(17)24-20;;;;;/h6-12,24-25H,2-5H2,1H3;2*5-9,11H,1-4H2,(H,24,26);6-12,25H,2-5H2,1H3,(H,22,24);5-9,26H,1-4H2,(H,23,25);5*1H4. The molecule has 0 saturated heterocycles. The molecule has 0 radical (unpaired) electrons. The molecule has 0 amide bonds. The first-order valence-electron chi connectivity index (χ1n) is 44.5. The number of nitriles is 2. The fraction of sp³-hybridized carbons (Fsp3) is 0.245. The molecule has 10 aromatic carbocycles. The van der Waals surface area contributed by atoms with Crippen molar-refractivity contribution in [2.75, 3.05) is 18.1 Å². The van der Waals surface area contributed by atoms with Crippen LogP contribution in [0.15, 0.2) is 189 Å². The summed E-state index contributed by atoms with van der Waals surface area (Å²) >= 11 is 0. The van der Waals surface area contributed by atoms with Crippen LogP contribution in [0, 0.1) is 45.9 Å². The Balaban J connectivity index is 0.000000123. The van der Waals surface area contributed by atoms with Gasteiger partial charge in [-0.2, -0.15) is 35.3 Å². The van der Waals surface area contributed by atoms with E-state index in [1.807, 2.05) is 104 Å². The van der Waals surface area contributed by atoms with Crippen molar-refractivity contribution in [3.63, 3.8) is 0 Å². The Morgan fingerprint density at radius 3 is 1.16 bits per heavy atom. The molecule has 5 aliphatic carbocycles. The zero-order valence-corrected chi connectivity index (χ0v) is 72.8. The number of anilines is 1. The van der Waals surface area contributed by atoms with Gasteiger partial charge in [0.2, 0.25) is 15.8 Å². The number of methoxy groups -OCH3 is 1. The highest BCUT2D eigenvalue weighted by Gasteiger charge is 2.30. The Morgan fingerprint density at radius 1 is 0.380 bits per heavy atom. The minimum atomic E-state index is -3.29. The lowest BCUT2D eigenvalue weighted by Gasteiger charge is -2.23. The molecule has 8 N–H and O–H groups in total. The Bertz CT molecular complexity index is 8120. The molecule has 10 aromatic heterocycles. The number of aromatic nitrogens is 14. The summed E-state index contributed by atoms with van der Waals surface area (Å²) in [6.45, 7) is 0. The second-order valence-corrected chi connectivity index (χ2v) is 36.1. The predicted molar refractivity (Wildman–Crippen MR) is 541 cm³/mol. The normalized spacial score (nSPS) is 13.4. The summed E-state index contributed by atoms with van der Waals surface area (Å²) in [5.74, 6) is -3.08. The van der Waals surface area contributed by atoms with Crippen molar-refractivity contribution in [1.29, 1.82) is 10.5 Å². The quantitative estimate of drug-likeness (QED) is 0.0655. The van der Waals surface area contributed by atoms with E-state index in [4.69, 9.17) is 24.7 Å². The Kier molecular flexibility index (Phi) is 27.1. The van der Waals surface area contributed by atoms with E-state index in [1.165, 1.54) is 104 Å². The van der Waals surface area contributed by atoms with E-state index in [0.717, 1.165) is 264 Å². The number of nitrogens with one attached hydrogen (secondary N) is 6. The van der Waals surface area contributed by atoms with Crippen molar-refractivity contribution in [3.8, 4) is 85.7 Å². The van der Waals surface area contributed by atoms with Crippen molar-refractivity contribution in [2.24, 2.45) is 0 Å². The predicted octanol–water partition coefficient (Wildman–Crippen LogP) is 26.2. The molecule has 20 aromatic rings. The molecule has 694 valence electrons. The third kappa shape index (κ3) is 17.4. The Morgan fingerprint density at radius 2 is 0.745 bits per heavy atom. The number of rotatable bonds is 8. The average molecular weight is 1850 g/mol. The van der Waals surface area contributed by atoms with Crippen LogP contribution in [-0.2, 0) is 74.2 Å². The number of nitrogens with zero attached hydrogens (tertiary/aromatic N) is 11. The monoisotopic (exact) mass is 1850 g/mol. The van der Waals surface area contributed by atoms with E-state index in [-0.39, 0.29) is 59.6 Å². The summed E-state index contributed by atoms with van der Waals surface area (Å²) in [7, 11) is -1.64. The molecule has 0 bridgehead atoms. The van der Waals surface area contributed by atoms with Gasteiger partial charge in [-0.1, -0.05) is 49.3 Å². The number of H-pyrrole nitrogens is 5.